The van der Waals surface area contributed by atoms with E-state index in [9.17, 15) is 14.7 Å². The number of nitrogens with zero attached hydrogens (tertiary/aromatic N) is 1. The average Bonchev–Trinajstić information content (AvgIpc) is 3.24. The second-order valence-corrected chi connectivity index (χ2v) is 8.68. The molecule has 0 spiro atoms. The first kappa shape index (κ1) is 24.9. The zero-order valence-corrected chi connectivity index (χ0v) is 19.5. The van der Waals surface area contributed by atoms with Gasteiger partial charge in [-0.25, -0.2) is 9.59 Å². The molecule has 1 heterocycles. The quantitative estimate of drug-likeness (QED) is 0.395. The summed E-state index contributed by atoms with van der Waals surface area (Å²) < 4.78 is 5.31. The average molecular weight is 447 g/mol. The van der Waals surface area contributed by atoms with Crippen LogP contribution in [0.5, 0.6) is 0 Å². The number of carboxylic acid groups (broad SMARTS) is 1. The van der Waals surface area contributed by atoms with E-state index in [-0.39, 0.29) is 6.03 Å². The van der Waals surface area contributed by atoms with Gasteiger partial charge in [0.15, 0.2) is 6.10 Å². The number of rotatable bonds is 13. The van der Waals surface area contributed by atoms with Gasteiger partial charge >= 0.3 is 12.0 Å². The maximum absolute atomic E-state index is 12.5. The number of carbonyl (C=O) groups is 2. The van der Waals surface area contributed by atoms with Crippen molar-refractivity contribution in [3.63, 3.8) is 0 Å². The largest absolute Gasteiger partial charge is 0.479 e. The number of carbonyl (C=O) groups excluding carboxylic acids is 1. The van der Waals surface area contributed by atoms with Gasteiger partial charge < -0.3 is 15.2 Å². The predicted octanol–water partition coefficient (Wildman–Crippen LogP) is 5.56. The van der Waals surface area contributed by atoms with Crippen molar-refractivity contribution in [3.05, 3.63) is 41.3 Å². The van der Waals surface area contributed by atoms with Crippen molar-refractivity contribution in [3.8, 4) is 10.4 Å². The molecule has 1 aromatic heterocycles. The number of thiophene rings is 1. The van der Waals surface area contributed by atoms with Crippen LogP contribution < -0.4 is 10.2 Å². The summed E-state index contributed by atoms with van der Waals surface area (Å²) in [6, 6.07) is 11.6. The Hall–Kier alpha value is -2.38. The van der Waals surface area contributed by atoms with E-state index in [2.05, 4.69) is 12.2 Å². The molecular formula is C24H34N2O4S. The van der Waals surface area contributed by atoms with Gasteiger partial charge in [0.25, 0.3) is 0 Å². The molecule has 170 valence electrons. The molecule has 7 heteroatoms. The summed E-state index contributed by atoms with van der Waals surface area (Å²) in [5.41, 5.74) is 1.81. The van der Waals surface area contributed by atoms with E-state index >= 15 is 0 Å². The lowest BCUT2D eigenvalue weighted by Crippen LogP contribution is -2.37. The number of ether oxygens (including phenoxy) is 1. The molecule has 2 rings (SSSR count). The van der Waals surface area contributed by atoms with Gasteiger partial charge in [0, 0.05) is 42.1 Å². The molecule has 1 unspecified atom stereocenters. The number of anilines is 1. The Morgan fingerprint density at radius 2 is 1.90 bits per heavy atom. The van der Waals surface area contributed by atoms with Crippen LogP contribution in [0.3, 0.4) is 0 Å². The fourth-order valence-corrected chi connectivity index (χ4v) is 4.31. The number of urea groups is 1. The van der Waals surface area contributed by atoms with Gasteiger partial charge in [0.2, 0.25) is 0 Å². The van der Waals surface area contributed by atoms with Gasteiger partial charge in [-0.2, -0.15) is 0 Å². The van der Waals surface area contributed by atoms with E-state index in [0.29, 0.717) is 19.6 Å². The Morgan fingerprint density at radius 1 is 1.13 bits per heavy atom. The highest BCUT2D eigenvalue weighted by Gasteiger charge is 2.19. The highest BCUT2D eigenvalue weighted by atomic mass is 32.1. The summed E-state index contributed by atoms with van der Waals surface area (Å²) in [6.07, 6.45) is 5.31. The third kappa shape index (κ3) is 7.99. The van der Waals surface area contributed by atoms with E-state index in [1.54, 1.807) is 30.2 Å². The maximum atomic E-state index is 12.5. The molecule has 0 aliphatic rings. The topological polar surface area (TPSA) is 78.9 Å². The molecule has 0 aliphatic heterocycles. The Labute approximate surface area is 189 Å². The Bertz CT molecular complexity index is 836. The molecule has 1 aromatic carbocycles. The van der Waals surface area contributed by atoms with Crippen molar-refractivity contribution in [2.75, 3.05) is 25.1 Å². The van der Waals surface area contributed by atoms with Crippen molar-refractivity contribution in [1.29, 1.82) is 0 Å². The van der Waals surface area contributed by atoms with Crippen LogP contribution in [0.2, 0.25) is 0 Å². The van der Waals surface area contributed by atoms with Crippen LogP contribution in [0.15, 0.2) is 36.4 Å². The van der Waals surface area contributed by atoms with E-state index in [0.717, 1.165) is 33.8 Å². The Kier molecular flexibility index (Phi) is 10.5. The fraction of sp³-hybridized carbons (Fsp3) is 0.500. The van der Waals surface area contributed by atoms with Crippen molar-refractivity contribution in [1.82, 2.24) is 5.32 Å². The molecule has 0 saturated heterocycles. The minimum Gasteiger partial charge on any atom is -0.479 e. The zero-order chi connectivity index (χ0) is 22.6. The molecule has 0 aliphatic carbocycles. The van der Waals surface area contributed by atoms with Crippen molar-refractivity contribution >= 4 is 29.0 Å². The monoisotopic (exact) mass is 446 g/mol. The van der Waals surface area contributed by atoms with Gasteiger partial charge in [0.1, 0.15) is 0 Å². The maximum Gasteiger partial charge on any atom is 0.333 e. The number of unbranched alkanes of at least 4 members (excludes halogenated alkanes) is 4. The zero-order valence-electron chi connectivity index (χ0n) is 18.7. The third-order valence-corrected chi connectivity index (χ3v) is 6.23. The number of hydrogen-bond acceptors (Lipinski definition) is 4. The van der Waals surface area contributed by atoms with Crippen molar-refractivity contribution in [2.24, 2.45) is 0 Å². The van der Waals surface area contributed by atoms with Gasteiger partial charge in [-0.1, -0.05) is 44.7 Å². The summed E-state index contributed by atoms with van der Waals surface area (Å²) in [5.74, 6) is -0.947. The minimum atomic E-state index is -0.947. The summed E-state index contributed by atoms with van der Waals surface area (Å²) in [4.78, 5) is 27.4. The van der Waals surface area contributed by atoms with E-state index in [1.807, 2.05) is 36.4 Å². The lowest BCUT2D eigenvalue weighted by molar-refractivity contribution is -0.149. The molecule has 2 N–H and O–H groups in total. The van der Waals surface area contributed by atoms with E-state index in [1.165, 1.54) is 19.3 Å². The van der Waals surface area contributed by atoms with Gasteiger partial charge in [-0.05, 0) is 43.2 Å². The standard InChI is InChI=1S/C24H34N2O4S/c1-4-6-7-8-9-15-25-24(29)26(3)19-12-10-11-18(16-19)22-14-13-20(31-22)17-21(23(27)28)30-5-2/h10-14,16,21H,4-9,15,17H2,1-3H3,(H,25,29)(H,27,28). The summed E-state index contributed by atoms with van der Waals surface area (Å²) >= 11 is 1.55. The molecule has 6 nitrogen and oxygen atoms in total. The molecule has 1 atom stereocenters. The predicted molar refractivity (Wildman–Crippen MR) is 127 cm³/mol. The molecular weight excluding hydrogens is 412 g/mol. The Morgan fingerprint density at radius 3 is 2.61 bits per heavy atom. The van der Waals surface area contributed by atoms with Gasteiger partial charge in [0.05, 0.1) is 0 Å². The van der Waals surface area contributed by atoms with E-state index < -0.39 is 12.1 Å². The van der Waals surface area contributed by atoms with Crippen LogP contribution in [0.4, 0.5) is 10.5 Å². The van der Waals surface area contributed by atoms with Gasteiger partial charge in [-0.15, -0.1) is 11.3 Å². The first-order chi connectivity index (χ1) is 15.0. The third-order valence-electron chi connectivity index (χ3n) is 5.07. The summed E-state index contributed by atoms with van der Waals surface area (Å²) in [5, 5.41) is 12.3. The lowest BCUT2D eigenvalue weighted by Gasteiger charge is -2.19. The van der Waals surface area contributed by atoms with Crippen LogP contribution >= 0.6 is 11.3 Å². The van der Waals surface area contributed by atoms with Crippen molar-refractivity contribution in [2.45, 2.75) is 58.5 Å². The lowest BCUT2D eigenvalue weighted by atomic mass is 10.1. The van der Waals surface area contributed by atoms with Gasteiger partial charge in [-0.3, -0.25) is 4.90 Å². The molecule has 31 heavy (non-hydrogen) atoms. The molecule has 2 aromatic rings. The summed E-state index contributed by atoms with van der Waals surface area (Å²) in [7, 11) is 1.77. The summed E-state index contributed by atoms with van der Waals surface area (Å²) in [6.45, 7) is 5.03. The van der Waals surface area contributed by atoms with Crippen LogP contribution in [0.1, 0.15) is 50.8 Å². The molecule has 0 bridgehead atoms. The molecule has 0 saturated carbocycles. The smallest absolute Gasteiger partial charge is 0.333 e. The normalized spacial score (nSPS) is 11.8. The number of amides is 2. The van der Waals surface area contributed by atoms with Crippen molar-refractivity contribution < 1.29 is 19.4 Å². The first-order valence-electron chi connectivity index (χ1n) is 11.0. The number of aliphatic carboxylic acids is 1. The highest BCUT2D eigenvalue weighted by molar-refractivity contribution is 7.15. The number of benzene rings is 1. The van der Waals surface area contributed by atoms with Crippen LogP contribution in [0.25, 0.3) is 10.4 Å². The number of nitrogens with one attached hydrogen (secondary N) is 1. The van der Waals surface area contributed by atoms with Crippen LogP contribution in [0, 0.1) is 0 Å². The molecule has 0 fully saturated rings. The number of hydrogen-bond donors (Lipinski definition) is 2. The molecule has 0 radical (unpaired) electrons. The van der Waals surface area contributed by atoms with E-state index in [4.69, 9.17) is 4.74 Å². The minimum absolute atomic E-state index is 0.111. The van der Waals surface area contributed by atoms with Crippen LogP contribution in [-0.2, 0) is 16.0 Å². The Balaban J connectivity index is 1.97. The first-order valence-corrected chi connectivity index (χ1v) is 11.8. The van der Waals surface area contributed by atoms with Crippen LogP contribution in [-0.4, -0.2) is 43.4 Å². The molecule has 2 amide bonds. The highest BCUT2D eigenvalue weighted by Crippen LogP contribution is 2.31. The number of carboxylic acids is 1. The fourth-order valence-electron chi connectivity index (χ4n) is 3.27. The second-order valence-electron chi connectivity index (χ2n) is 7.51. The second kappa shape index (κ2) is 13.1. The SMILES string of the molecule is CCCCCCCNC(=O)N(C)c1cccc(-c2ccc(CC(OCC)C(=O)O)s2)c1.